The molecule has 0 amide bonds. The van der Waals surface area contributed by atoms with Gasteiger partial charge >= 0.3 is 0 Å². The average Bonchev–Trinajstić information content (AvgIpc) is 2.56. The minimum atomic E-state index is 0.327. The van der Waals surface area contributed by atoms with Gasteiger partial charge in [0.2, 0.25) is 0 Å². The summed E-state index contributed by atoms with van der Waals surface area (Å²) in [5.41, 5.74) is 0.327. The summed E-state index contributed by atoms with van der Waals surface area (Å²) in [4.78, 5) is 0. The van der Waals surface area contributed by atoms with E-state index in [4.69, 9.17) is 23.7 Å². The molecule has 0 unspecified atom stereocenters. The van der Waals surface area contributed by atoms with E-state index in [1.807, 2.05) is 0 Å². The third kappa shape index (κ3) is 24.0. The van der Waals surface area contributed by atoms with Gasteiger partial charge in [0.15, 0.2) is 0 Å². The van der Waals surface area contributed by atoms with Gasteiger partial charge in [-0.2, -0.15) is 0 Å². The van der Waals surface area contributed by atoms with Gasteiger partial charge in [0.05, 0.1) is 59.5 Å². The van der Waals surface area contributed by atoms with Crippen molar-refractivity contribution < 1.29 is 23.7 Å². The number of hydrogen-bond donors (Lipinski definition) is 0. The summed E-state index contributed by atoms with van der Waals surface area (Å²) in [6, 6.07) is 0. The van der Waals surface area contributed by atoms with E-state index < -0.39 is 0 Å². The van der Waals surface area contributed by atoms with Crippen molar-refractivity contribution in [3.05, 3.63) is 12.2 Å². The summed E-state index contributed by atoms with van der Waals surface area (Å²) in [6.07, 6.45) is 6.18. The molecule has 0 aromatic heterocycles. The Morgan fingerprint density at radius 1 is 0.600 bits per heavy atom. The van der Waals surface area contributed by atoms with Crippen LogP contribution in [0.5, 0.6) is 0 Å². The molecular formula is C19H37BrO5. The molecule has 0 aromatic rings. The molecule has 0 N–H and O–H groups in total. The van der Waals surface area contributed by atoms with E-state index in [-0.39, 0.29) is 0 Å². The Morgan fingerprint density at radius 2 is 1.00 bits per heavy atom. The highest BCUT2D eigenvalue weighted by atomic mass is 79.9. The minimum absolute atomic E-state index is 0.327. The zero-order valence-corrected chi connectivity index (χ0v) is 17.9. The number of allylic oxidation sites excluding steroid dienone is 1. The molecule has 25 heavy (non-hydrogen) atoms. The molecule has 0 radical (unpaired) electrons. The van der Waals surface area contributed by atoms with E-state index in [2.05, 4.69) is 48.9 Å². The monoisotopic (exact) mass is 424 g/mol. The van der Waals surface area contributed by atoms with Crippen molar-refractivity contribution in [3.8, 4) is 0 Å². The van der Waals surface area contributed by atoms with Gasteiger partial charge < -0.3 is 23.7 Å². The van der Waals surface area contributed by atoms with Crippen LogP contribution in [0.15, 0.2) is 12.2 Å². The van der Waals surface area contributed by atoms with Gasteiger partial charge in [0.25, 0.3) is 0 Å². The summed E-state index contributed by atoms with van der Waals surface area (Å²) in [5, 5.41) is 0.895. The number of halogens is 1. The fraction of sp³-hybridized carbons (Fsp3) is 0.895. The molecule has 0 aromatic carbocycles. The molecule has 0 aliphatic heterocycles. The normalized spacial score (nSPS) is 12.3. The first kappa shape index (κ1) is 25.0. The van der Waals surface area contributed by atoms with E-state index in [0.29, 0.717) is 58.3 Å². The molecule has 0 saturated carbocycles. The van der Waals surface area contributed by atoms with Crippen molar-refractivity contribution in [1.82, 2.24) is 0 Å². The highest BCUT2D eigenvalue weighted by molar-refractivity contribution is 9.09. The molecule has 0 bridgehead atoms. The largest absolute Gasteiger partial charge is 0.379 e. The molecule has 150 valence electrons. The smallest absolute Gasteiger partial charge is 0.0701 e. The molecule has 0 saturated heterocycles. The van der Waals surface area contributed by atoms with Gasteiger partial charge in [-0.25, -0.2) is 0 Å². The second-order valence-electron chi connectivity index (χ2n) is 6.79. The summed E-state index contributed by atoms with van der Waals surface area (Å²) in [6.45, 7) is 13.0. The van der Waals surface area contributed by atoms with Crippen LogP contribution >= 0.6 is 15.9 Å². The van der Waals surface area contributed by atoms with Gasteiger partial charge in [0, 0.05) is 11.9 Å². The first-order valence-electron chi connectivity index (χ1n) is 9.16. The predicted molar refractivity (Wildman–Crippen MR) is 106 cm³/mol. The van der Waals surface area contributed by atoms with Crippen LogP contribution in [0.2, 0.25) is 0 Å². The maximum absolute atomic E-state index is 5.53. The van der Waals surface area contributed by atoms with Crippen LogP contribution in [0.3, 0.4) is 0 Å². The van der Waals surface area contributed by atoms with Crippen molar-refractivity contribution in [2.75, 3.05) is 71.4 Å². The average molecular weight is 425 g/mol. The Morgan fingerprint density at radius 3 is 1.40 bits per heavy atom. The zero-order valence-electron chi connectivity index (χ0n) is 16.3. The molecule has 0 atom stereocenters. The van der Waals surface area contributed by atoms with Crippen LogP contribution in [-0.2, 0) is 23.7 Å². The van der Waals surface area contributed by atoms with Crippen LogP contribution in [-0.4, -0.2) is 71.4 Å². The fourth-order valence-electron chi connectivity index (χ4n) is 1.69. The van der Waals surface area contributed by atoms with Crippen LogP contribution < -0.4 is 0 Å². The number of rotatable bonds is 18. The summed E-state index contributed by atoms with van der Waals surface area (Å²) in [5.74, 6) is 0. The van der Waals surface area contributed by atoms with Crippen LogP contribution in [0, 0.1) is 5.41 Å². The van der Waals surface area contributed by atoms with Crippen LogP contribution in [0.25, 0.3) is 0 Å². The lowest BCUT2D eigenvalue weighted by Crippen LogP contribution is -2.14. The van der Waals surface area contributed by atoms with Gasteiger partial charge in [0.1, 0.15) is 0 Å². The van der Waals surface area contributed by atoms with Crippen LogP contribution in [0.4, 0.5) is 0 Å². The molecule has 0 rings (SSSR count). The highest BCUT2D eigenvalue weighted by Crippen LogP contribution is 2.17. The van der Waals surface area contributed by atoms with E-state index in [9.17, 15) is 0 Å². The van der Waals surface area contributed by atoms with Gasteiger partial charge in [-0.05, 0) is 18.3 Å². The lowest BCUT2D eigenvalue weighted by atomic mass is 9.93. The molecule has 0 fully saturated rings. The van der Waals surface area contributed by atoms with Crippen molar-refractivity contribution in [2.24, 2.45) is 5.41 Å². The maximum atomic E-state index is 5.53. The quantitative estimate of drug-likeness (QED) is 0.190. The molecule has 0 aliphatic carbocycles. The van der Waals surface area contributed by atoms with Crippen molar-refractivity contribution in [2.45, 2.75) is 33.6 Å². The van der Waals surface area contributed by atoms with Gasteiger partial charge in [-0.1, -0.05) is 48.9 Å². The lowest BCUT2D eigenvalue weighted by Gasteiger charge is -2.17. The molecule has 0 heterocycles. The topological polar surface area (TPSA) is 46.2 Å². The highest BCUT2D eigenvalue weighted by Gasteiger charge is 2.08. The number of hydrogen-bond acceptors (Lipinski definition) is 5. The lowest BCUT2D eigenvalue weighted by molar-refractivity contribution is -0.0121. The Bertz CT molecular complexity index is 292. The zero-order chi connectivity index (χ0) is 18.6. The Hall–Kier alpha value is 0.0200. The Labute approximate surface area is 162 Å². The standard InChI is InChI=1S/C19H37BrO5/c1-19(2,3)7-10-22-12-14-24-16-18-25-17-15-23-13-11-21-9-6-4-5-8-20/h4-5H,6-18H2,1-3H3/b5-4+. The van der Waals surface area contributed by atoms with E-state index in [0.717, 1.165) is 31.4 Å². The molecular weight excluding hydrogens is 388 g/mol. The second-order valence-corrected chi connectivity index (χ2v) is 7.43. The summed E-state index contributed by atoms with van der Waals surface area (Å²) >= 11 is 3.33. The number of ether oxygens (including phenoxy) is 5. The predicted octanol–water partition coefficient (Wildman–Crippen LogP) is 3.85. The second kappa shape index (κ2) is 18.8. The fourth-order valence-corrected chi connectivity index (χ4v) is 1.96. The maximum Gasteiger partial charge on any atom is 0.0701 e. The van der Waals surface area contributed by atoms with Crippen molar-refractivity contribution in [1.29, 1.82) is 0 Å². The van der Waals surface area contributed by atoms with E-state index >= 15 is 0 Å². The minimum Gasteiger partial charge on any atom is -0.379 e. The molecule has 0 aliphatic rings. The SMILES string of the molecule is CC(C)(C)CCOCCOCCOCCOCCOCC/C=C/CBr. The third-order valence-corrected chi connectivity index (χ3v) is 3.54. The summed E-state index contributed by atoms with van der Waals surface area (Å²) < 4.78 is 27.3. The van der Waals surface area contributed by atoms with E-state index in [1.54, 1.807) is 0 Å². The Kier molecular flexibility index (Phi) is 18.8. The summed E-state index contributed by atoms with van der Waals surface area (Å²) in [7, 11) is 0. The first-order chi connectivity index (χ1) is 12.1. The van der Waals surface area contributed by atoms with Gasteiger partial charge in [-0.3, -0.25) is 0 Å². The molecule has 6 heteroatoms. The number of alkyl halides is 1. The molecule has 0 spiro atoms. The Balaban J connectivity index is 3.04. The van der Waals surface area contributed by atoms with Crippen LogP contribution in [0.1, 0.15) is 33.6 Å². The first-order valence-corrected chi connectivity index (χ1v) is 10.3. The third-order valence-electron chi connectivity index (χ3n) is 3.17. The van der Waals surface area contributed by atoms with Crippen molar-refractivity contribution >= 4 is 15.9 Å². The van der Waals surface area contributed by atoms with Crippen molar-refractivity contribution in [3.63, 3.8) is 0 Å². The van der Waals surface area contributed by atoms with Gasteiger partial charge in [-0.15, -0.1) is 0 Å². The molecule has 5 nitrogen and oxygen atoms in total. The van der Waals surface area contributed by atoms with E-state index in [1.165, 1.54) is 0 Å².